The number of benzene rings is 2. The van der Waals surface area contributed by atoms with E-state index in [0.717, 1.165) is 6.07 Å². The lowest BCUT2D eigenvalue weighted by atomic mass is 10.2. The van der Waals surface area contributed by atoms with Crippen LogP contribution in [0.5, 0.6) is 5.75 Å². The van der Waals surface area contributed by atoms with Crippen LogP contribution >= 0.6 is 0 Å². The van der Waals surface area contributed by atoms with Gasteiger partial charge in [0.15, 0.2) is 5.75 Å². The van der Waals surface area contributed by atoms with Gasteiger partial charge in [0.25, 0.3) is 11.5 Å². The van der Waals surface area contributed by atoms with E-state index in [2.05, 4.69) is 5.32 Å². The van der Waals surface area contributed by atoms with Gasteiger partial charge < -0.3 is 14.6 Å². The Morgan fingerprint density at radius 3 is 2.66 bits per heavy atom. The number of rotatable bonds is 6. The Balaban J connectivity index is 1.87. The van der Waals surface area contributed by atoms with Crippen molar-refractivity contribution in [3.63, 3.8) is 0 Å². The van der Waals surface area contributed by atoms with E-state index in [4.69, 9.17) is 4.74 Å². The lowest BCUT2D eigenvalue weighted by Crippen LogP contribution is -2.29. The molecule has 3 rings (SSSR count). The summed E-state index contributed by atoms with van der Waals surface area (Å²) >= 11 is 0. The fourth-order valence-electron chi connectivity index (χ4n) is 2.75. The van der Waals surface area contributed by atoms with Crippen molar-refractivity contribution in [1.29, 1.82) is 0 Å². The van der Waals surface area contributed by atoms with Gasteiger partial charge in [-0.25, -0.2) is 4.39 Å². The molecule has 2 aromatic carbocycles. The van der Waals surface area contributed by atoms with Crippen LogP contribution in [0.25, 0.3) is 0 Å². The number of pyridine rings is 1. The largest absolute Gasteiger partial charge is 0.490 e. The molecule has 3 aromatic rings. The number of amides is 1. The zero-order valence-corrected chi connectivity index (χ0v) is 15.3. The highest BCUT2D eigenvalue weighted by atomic mass is 19.1. The number of hydrogen-bond donors (Lipinski definition) is 1. The van der Waals surface area contributed by atoms with Gasteiger partial charge in [0.1, 0.15) is 11.4 Å². The van der Waals surface area contributed by atoms with E-state index in [0.29, 0.717) is 5.56 Å². The third-order valence-corrected chi connectivity index (χ3v) is 4.20. The average Bonchev–Trinajstić information content (AvgIpc) is 2.71. The van der Waals surface area contributed by atoms with Crippen molar-refractivity contribution in [2.24, 2.45) is 0 Å². The molecular formula is C20H16FN3O5. The Bertz CT molecular complexity index is 1140. The highest BCUT2D eigenvalue weighted by molar-refractivity contribution is 6.04. The topological polar surface area (TPSA) is 103 Å². The zero-order chi connectivity index (χ0) is 21.0. The number of halogens is 1. The molecule has 9 heteroatoms. The third kappa shape index (κ3) is 4.29. The lowest BCUT2D eigenvalue weighted by molar-refractivity contribution is -0.385. The number of nitro benzene ring substituents is 1. The first-order valence-electron chi connectivity index (χ1n) is 8.47. The SMILES string of the molecule is COc1ccc(NC(=O)c2cccn(Cc3ccccc3F)c2=O)cc1[N+](=O)[O-]. The number of methoxy groups -OCH3 is 1. The van der Waals surface area contributed by atoms with Gasteiger partial charge in [-0.1, -0.05) is 18.2 Å². The smallest absolute Gasteiger partial charge is 0.312 e. The second-order valence-electron chi connectivity index (χ2n) is 6.04. The van der Waals surface area contributed by atoms with E-state index in [1.165, 1.54) is 48.2 Å². The Hall–Kier alpha value is -4.01. The molecule has 29 heavy (non-hydrogen) atoms. The molecule has 0 saturated carbocycles. The molecule has 1 amide bonds. The molecule has 1 aromatic heterocycles. The number of carbonyl (C=O) groups is 1. The first-order valence-corrected chi connectivity index (χ1v) is 8.47. The molecule has 0 radical (unpaired) electrons. The van der Waals surface area contributed by atoms with Gasteiger partial charge in [-0.2, -0.15) is 0 Å². The molecule has 0 saturated heterocycles. The normalized spacial score (nSPS) is 10.4. The minimum absolute atomic E-state index is 0.0410. The Morgan fingerprint density at radius 1 is 1.21 bits per heavy atom. The summed E-state index contributed by atoms with van der Waals surface area (Å²) in [6.45, 7) is -0.0410. The van der Waals surface area contributed by atoms with E-state index < -0.39 is 22.2 Å². The zero-order valence-electron chi connectivity index (χ0n) is 15.3. The second kappa shape index (κ2) is 8.34. The number of aromatic nitrogens is 1. The molecule has 1 N–H and O–H groups in total. The summed E-state index contributed by atoms with van der Waals surface area (Å²) < 4.78 is 20.0. The average molecular weight is 397 g/mol. The van der Waals surface area contributed by atoms with Crippen LogP contribution in [-0.2, 0) is 6.54 Å². The standard InChI is InChI=1S/C20H16FN3O5/c1-29-18-9-8-14(11-17(18)24(27)28)22-19(25)15-6-4-10-23(20(15)26)12-13-5-2-3-7-16(13)21/h2-11H,12H2,1H3,(H,22,25). The Kier molecular flexibility index (Phi) is 5.68. The predicted molar refractivity (Wildman–Crippen MR) is 104 cm³/mol. The van der Waals surface area contributed by atoms with Gasteiger partial charge in [0.05, 0.1) is 18.6 Å². The van der Waals surface area contributed by atoms with Gasteiger partial charge in [-0.05, 0) is 30.3 Å². The minimum atomic E-state index is -0.739. The number of nitrogens with zero attached hydrogens (tertiary/aromatic N) is 2. The van der Waals surface area contributed by atoms with Gasteiger partial charge in [-0.3, -0.25) is 19.7 Å². The van der Waals surface area contributed by atoms with Crippen LogP contribution < -0.4 is 15.6 Å². The molecule has 0 aliphatic heterocycles. The molecule has 0 atom stereocenters. The number of nitrogens with one attached hydrogen (secondary N) is 1. The lowest BCUT2D eigenvalue weighted by Gasteiger charge is -2.10. The van der Waals surface area contributed by atoms with Crippen molar-refractivity contribution < 1.29 is 18.8 Å². The van der Waals surface area contributed by atoms with Gasteiger partial charge in [0.2, 0.25) is 0 Å². The molecule has 0 unspecified atom stereocenters. The van der Waals surface area contributed by atoms with Crippen molar-refractivity contribution in [2.45, 2.75) is 6.54 Å². The maximum atomic E-state index is 13.9. The maximum absolute atomic E-state index is 13.9. The van der Waals surface area contributed by atoms with E-state index in [9.17, 15) is 24.1 Å². The molecule has 0 spiro atoms. The summed E-state index contributed by atoms with van der Waals surface area (Å²) in [4.78, 5) is 35.7. The van der Waals surface area contributed by atoms with Crippen molar-refractivity contribution in [3.8, 4) is 5.75 Å². The van der Waals surface area contributed by atoms with Gasteiger partial charge in [-0.15, -0.1) is 0 Å². The number of hydrogen-bond acceptors (Lipinski definition) is 5. The summed E-state index contributed by atoms with van der Waals surface area (Å²) in [7, 11) is 1.29. The number of nitro groups is 1. The molecule has 148 valence electrons. The van der Waals surface area contributed by atoms with Crippen LogP contribution in [0.2, 0.25) is 0 Å². The van der Waals surface area contributed by atoms with Crippen molar-refractivity contribution >= 4 is 17.3 Å². The molecule has 0 fully saturated rings. The summed E-state index contributed by atoms with van der Waals surface area (Å²) in [5.41, 5.74) is -0.682. The van der Waals surface area contributed by atoms with E-state index in [-0.39, 0.29) is 29.2 Å². The Morgan fingerprint density at radius 2 is 1.97 bits per heavy atom. The van der Waals surface area contributed by atoms with Crippen molar-refractivity contribution in [3.05, 3.63) is 98.2 Å². The van der Waals surface area contributed by atoms with Crippen LogP contribution in [0.1, 0.15) is 15.9 Å². The van der Waals surface area contributed by atoms with Crippen LogP contribution in [0.3, 0.4) is 0 Å². The van der Waals surface area contributed by atoms with Crippen LogP contribution in [-0.4, -0.2) is 22.5 Å². The molecular weight excluding hydrogens is 381 g/mol. The maximum Gasteiger partial charge on any atom is 0.312 e. The van der Waals surface area contributed by atoms with Crippen molar-refractivity contribution in [1.82, 2.24) is 4.57 Å². The molecule has 0 aliphatic rings. The number of carbonyl (C=O) groups excluding carboxylic acids is 1. The monoisotopic (exact) mass is 397 g/mol. The molecule has 0 bridgehead atoms. The summed E-state index contributed by atoms with van der Waals surface area (Å²) in [5, 5.41) is 13.6. The molecule has 0 aliphatic carbocycles. The highest BCUT2D eigenvalue weighted by Gasteiger charge is 2.18. The van der Waals surface area contributed by atoms with Crippen LogP contribution in [0.15, 0.2) is 65.6 Å². The molecule has 8 nitrogen and oxygen atoms in total. The Labute approximate surface area is 164 Å². The van der Waals surface area contributed by atoms with E-state index in [1.807, 2.05) is 0 Å². The summed E-state index contributed by atoms with van der Waals surface area (Å²) in [6.07, 6.45) is 1.45. The quantitative estimate of drug-likeness (QED) is 0.508. The fraction of sp³-hybridized carbons (Fsp3) is 0.100. The van der Waals surface area contributed by atoms with E-state index >= 15 is 0 Å². The van der Waals surface area contributed by atoms with Gasteiger partial charge in [0, 0.05) is 23.5 Å². The highest BCUT2D eigenvalue weighted by Crippen LogP contribution is 2.29. The first kappa shape index (κ1) is 19.7. The van der Waals surface area contributed by atoms with Crippen LogP contribution in [0, 0.1) is 15.9 Å². The summed E-state index contributed by atoms with van der Waals surface area (Å²) in [6, 6.07) is 12.7. The molecule has 1 heterocycles. The van der Waals surface area contributed by atoms with Crippen LogP contribution in [0.4, 0.5) is 15.8 Å². The third-order valence-electron chi connectivity index (χ3n) is 4.20. The minimum Gasteiger partial charge on any atom is -0.490 e. The van der Waals surface area contributed by atoms with Gasteiger partial charge >= 0.3 is 5.69 Å². The van der Waals surface area contributed by atoms with E-state index in [1.54, 1.807) is 18.2 Å². The number of ether oxygens (including phenoxy) is 1. The fourth-order valence-corrected chi connectivity index (χ4v) is 2.75. The number of anilines is 1. The van der Waals surface area contributed by atoms with Crippen molar-refractivity contribution in [2.75, 3.05) is 12.4 Å². The first-order chi connectivity index (χ1) is 13.9. The second-order valence-corrected chi connectivity index (χ2v) is 6.04. The summed E-state index contributed by atoms with van der Waals surface area (Å²) in [5.74, 6) is -1.16. The predicted octanol–water partition coefficient (Wildman–Crippen LogP) is 3.20.